The number of hydrogen-bond donors (Lipinski definition) is 1. The second-order valence-electron chi connectivity index (χ2n) is 5.67. The summed E-state index contributed by atoms with van der Waals surface area (Å²) in [6.07, 6.45) is 1.27. The zero-order valence-corrected chi connectivity index (χ0v) is 11.7. The highest BCUT2D eigenvalue weighted by Crippen LogP contribution is 2.40. The molecule has 2 aromatic carbocycles. The van der Waals surface area contributed by atoms with Gasteiger partial charge in [-0.25, -0.2) is 0 Å². The summed E-state index contributed by atoms with van der Waals surface area (Å²) in [7, 11) is 0. The fourth-order valence-corrected chi connectivity index (χ4v) is 2.72. The molecule has 98 valence electrons. The van der Waals surface area contributed by atoms with E-state index in [1.54, 1.807) is 0 Å². The average Bonchev–Trinajstić information content (AvgIpc) is 3.20. The molecule has 2 aromatic rings. The summed E-state index contributed by atoms with van der Waals surface area (Å²) in [5.74, 6) is 0.714. The van der Waals surface area contributed by atoms with Crippen molar-refractivity contribution in [1.29, 1.82) is 0 Å². The van der Waals surface area contributed by atoms with Gasteiger partial charge in [-0.1, -0.05) is 54.1 Å². The molecule has 3 rings (SSSR count). The van der Waals surface area contributed by atoms with E-state index in [1.807, 2.05) is 0 Å². The third-order valence-electron chi connectivity index (χ3n) is 4.08. The molecule has 0 aliphatic heterocycles. The smallest absolute Gasteiger partial charge is 0.0211 e. The predicted octanol–water partition coefficient (Wildman–Crippen LogP) is 3.95. The van der Waals surface area contributed by atoms with Gasteiger partial charge in [0.25, 0.3) is 0 Å². The zero-order valence-electron chi connectivity index (χ0n) is 11.7. The van der Waals surface area contributed by atoms with Crippen LogP contribution < -0.4 is 5.32 Å². The largest absolute Gasteiger partial charge is 0.309 e. The SMILES string of the molecule is Cc1ccc(C)c(CNC2CC2c2ccccc2)c1. The number of rotatable bonds is 4. The predicted molar refractivity (Wildman–Crippen MR) is 80.3 cm³/mol. The second kappa shape index (κ2) is 5.18. The van der Waals surface area contributed by atoms with Gasteiger partial charge < -0.3 is 5.32 Å². The summed E-state index contributed by atoms with van der Waals surface area (Å²) >= 11 is 0. The highest BCUT2D eigenvalue weighted by Gasteiger charge is 2.37. The van der Waals surface area contributed by atoms with Crippen LogP contribution in [0.25, 0.3) is 0 Å². The van der Waals surface area contributed by atoms with Crippen molar-refractivity contribution in [3.63, 3.8) is 0 Å². The van der Waals surface area contributed by atoms with Gasteiger partial charge in [-0.05, 0) is 37.0 Å². The first kappa shape index (κ1) is 12.4. The molecule has 0 heterocycles. The summed E-state index contributed by atoms with van der Waals surface area (Å²) in [6, 6.07) is 18.2. The summed E-state index contributed by atoms with van der Waals surface area (Å²) in [5.41, 5.74) is 5.63. The Morgan fingerprint density at radius 3 is 2.63 bits per heavy atom. The van der Waals surface area contributed by atoms with Crippen LogP contribution in [-0.2, 0) is 6.54 Å². The molecule has 1 fully saturated rings. The topological polar surface area (TPSA) is 12.0 Å². The van der Waals surface area contributed by atoms with Crippen molar-refractivity contribution in [3.05, 3.63) is 70.8 Å². The van der Waals surface area contributed by atoms with Crippen LogP contribution in [0.15, 0.2) is 48.5 Å². The summed E-state index contributed by atoms with van der Waals surface area (Å²) in [4.78, 5) is 0. The Kier molecular flexibility index (Phi) is 3.39. The van der Waals surface area contributed by atoms with Crippen LogP contribution in [0.3, 0.4) is 0 Å². The molecule has 0 radical (unpaired) electrons. The second-order valence-corrected chi connectivity index (χ2v) is 5.67. The normalized spacial score (nSPS) is 21.4. The van der Waals surface area contributed by atoms with E-state index in [0.29, 0.717) is 12.0 Å². The number of aryl methyl sites for hydroxylation is 2. The van der Waals surface area contributed by atoms with Crippen LogP contribution in [0.5, 0.6) is 0 Å². The van der Waals surface area contributed by atoms with Crippen molar-refractivity contribution in [1.82, 2.24) is 5.32 Å². The third-order valence-corrected chi connectivity index (χ3v) is 4.08. The first-order valence-electron chi connectivity index (χ1n) is 7.08. The molecule has 1 aliphatic rings. The molecule has 0 saturated heterocycles. The van der Waals surface area contributed by atoms with Crippen LogP contribution >= 0.6 is 0 Å². The molecular formula is C18H21N. The lowest BCUT2D eigenvalue weighted by Gasteiger charge is -2.09. The van der Waals surface area contributed by atoms with Crippen molar-refractivity contribution in [2.24, 2.45) is 0 Å². The molecular weight excluding hydrogens is 230 g/mol. The Bertz CT molecular complexity index is 559. The van der Waals surface area contributed by atoms with Crippen molar-refractivity contribution >= 4 is 0 Å². The molecule has 1 saturated carbocycles. The Labute approximate surface area is 115 Å². The van der Waals surface area contributed by atoms with Crippen molar-refractivity contribution < 1.29 is 0 Å². The quantitative estimate of drug-likeness (QED) is 0.867. The van der Waals surface area contributed by atoms with Gasteiger partial charge in [-0.2, -0.15) is 0 Å². The average molecular weight is 251 g/mol. The van der Waals surface area contributed by atoms with E-state index in [1.165, 1.54) is 28.7 Å². The highest BCUT2D eigenvalue weighted by molar-refractivity contribution is 5.31. The lowest BCUT2D eigenvalue weighted by atomic mass is 10.1. The maximum atomic E-state index is 3.69. The maximum absolute atomic E-state index is 3.69. The molecule has 1 N–H and O–H groups in total. The van der Waals surface area contributed by atoms with E-state index in [-0.39, 0.29) is 0 Å². The summed E-state index contributed by atoms with van der Waals surface area (Å²) in [6.45, 7) is 5.34. The van der Waals surface area contributed by atoms with Crippen molar-refractivity contribution in [2.45, 2.75) is 38.8 Å². The van der Waals surface area contributed by atoms with Crippen LogP contribution in [-0.4, -0.2) is 6.04 Å². The molecule has 1 nitrogen and oxygen atoms in total. The van der Waals surface area contributed by atoms with E-state index in [2.05, 4.69) is 67.7 Å². The molecule has 19 heavy (non-hydrogen) atoms. The third kappa shape index (κ3) is 2.87. The number of benzene rings is 2. The van der Waals surface area contributed by atoms with Crippen molar-refractivity contribution in [3.8, 4) is 0 Å². The fraction of sp³-hybridized carbons (Fsp3) is 0.333. The van der Waals surface area contributed by atoms with E-state index < -0.39 is 0 Å². The summed E-state index contributed by atoms with van der Waals surface area (Å²) in [5, 5.41) is 3.69. The monoisotopic (exact) mass is 251 g/mol. The van der Waals surface area contributed by atoms with Gasteiger partial charge in [0.05, 0.1) is 0 Å². The number of hydrogen-bond acceptors (Lipinski definition) is 1. The minimum atomic E-state index is 0.655. The molecule has 0 amide bonds. The molecule has 0 aromatic heterocycles. The van der Waals surface area contributed by atoms with E-state index in [0.717, 1.165) is 6.54 Å². The fourth-order valence-electron chi connectivity index (χ4n) is 2.72. The highest BCUT2D eigenvalue weighted by atomic mass is 15.0. The molecule has 2 atom stereocenters. The molecule has 1 heteroatoms. The van der Waals surface area contributed by atoms with Crippen LogP contribution in [0, 0.1) is 13.8 Å². The van der Waals surface area contributed by atoms with Crippen molar-refractivity contribution in [2.75, 3.05) is 0 Å². The minimum absolute atomic E-state index is 0.655. The van der Waals surface area contributed by atoms with Gasteiger partial charge in [0.2, 0.25) is 0 Å². The van der Waals surface area contributed by atoms with Crippen LogP contribution in [0.2, 0.25) is 0 Å². The van der Waals surface area contributed by atoms with Gasteiger partial charge in [-0.15, -0.1) is 0 Å². The first-order chi connectivity index (χ1) is 9.24. The van der Waals surface area contributed by atoms with Gasteiger partial charge in [0.15, 0.2) is 0 Å². The minimum Gasteiger partial charge on any atom is -0.309 e. The molecule has 1 aliphatic carbocycles. The molecule has 0 bridgehead atoms. The summed E-state index contributed by atoms with van der Waals surface area (Å²) < 4.78 is 0. The van der Waals surface area contributed by atoms with Crippen LogP contribution in [0.1, 0.15) is 34.6 Å². The molecule has 2 unspecified atom stereocenters. The van der Waals surface area contributed by atoms with Crippen LogP contribution in [0.4, 0.5) is 0 Å². The Morgan fingerprint density at radius 1 is 1.05 bits per heavy atom. The lowest BCUT2D eigenvalue weighted by molar-refractivity contribution is 0.670. The number of nitrogens with one attached hydrogen (secondary N) is 1. The molecule has 0 spiro atoms. The Morgan fingerprint density at radius 2 is 1.84 bits per heavy atom. The van der Waals surface area contributed by atoms with E-state index >= 15 is 0 Å². The Hall–Kier alpha value is -1.60. The van der Waals surface area contributed by atoms with Gasteiger partial charge in [0.1, 0.15) is 0 Å². The zero-order chi connectivity index (χ0) is 13.2. The van der Waals surface area contributed by atoms with Gasteiger partial charge in [-0.3, -0.25) is 0 Å². The van der Waals surface area contributed by atoms with E-state index in [4.69, 9.17) is 0 Å². The van der Waals surface area contributed by atoms with Gasteiger partial charge >= 0.3 is 0 Å². The Balaban J connectivity index is 1.59. The van der Waals surface area contributed by atoms with Gasteiger partial charge in [0, 0.05) is 18.5 Å². The maximum Gasteiger partial charge on any atom is 0.0211 e. The first-order valence-corrected chi connectivity index (χ1v) is 7.08. The lowest BCUT2D eigenvalue weighted by Crippen LogP contribution is -2.18. The standard InChI is InChI=1S/C18H21N/c1-13-8-9-14(2)16(10-13)12-19-18-11-17(18)15-6-4-3-5-7-15/h3-10,17-19H,11-12H2,1-2H3. The van der Waals surface area contributed by atoms with E-state index in [9.17, 15) is 0 Å².